The molecule has 2 N–H and O–H groups in total. The maximum Gasteiger partial charge on any atom is 0.171 e. The van der Waals surface area contributed by atoms with Crippen molar-refractivity contribution in [1.29, 1.82) is 0 Å². The Morgan fingerprint density at radius 2 is 1.87 bits per heavy atom. The van der Waals surface area contributed by atoms with Crippen LogP contribution in [0.25, 0.3) is 0 Å². The SMILES string of the molecule is COc1ccc(OC[C@H](C)NC(=S)Nc2cccc(F)c2)cc1. The summed E-state index contributed by atoms with van der Waals surface area (Å²) in [4.78, 5) is 0. The summed E-state index contributed by atoms with van der Waals surface area (Å²) in [7, 11) is 1.62. The van der Waals surface area contributed by atoms with Gasteiger partial charge in [0.15, 0.2) is 5.11 Å². The number of benzene rings is 2. The van der Waals surface area contributed by atoms with Gasteiger partial charge in [-0.1, -0.05) is 6.07 Å². The van der Waals surface area contributed by atoms with Crippen molar-refractivity contribution in [3.8, 4) is 11.5 Å². The van der Waals surface area contributed by atoms with Crippen molar-refractivity contribution >= 4 is 23.0 Å². The zero-order chi connectivity index (χ0) is 16.7. The standard InChI is InChI=1S/C17H19FN2O2S/c1-12(11-22-16-8-6-15(21-2)7-9-16)19-17(23)20-14-5-3-4-13(18)10-14/h3-10,12H,11H2,1-2H3,(H2,19,20,23)/t12-/m0/s1. The van der Waals surface area contributed by atoms with Crippen LogP contribution in [0.4, 0.5) is 10.1 Å². The van der Waals surface area contributed by atoms with Gasteiger partial charge < -0.3 is 20.1 Å². The van der Waals surface area contributed by atoms with Crippen molar-refractivity contribution < 1.29 is 13.9 Å². The van der Waals surface area contributed by atoms with Crippen LogP contribution in [-0.2, 0) is 0 Å². The highest BCUT2D eigenvalue weighted by atomic mass is 32.1. The van der Waals surface area contributed by atoms with Crippen LogP contribution in [0.3, 0.4) is 0 Å². The minimum Gasteiger partial charge on any atom is -0.497 e. The van der Waals surface area contributed by atoms with Crippen LogP contribution in [-0.4, -0.2) is 24.9 Å². The highest BCUT2D eigenvalue weighted by Crippen LogP contribution is 2.17. The van der Waals surface area contributed by atoms with Crippen LogP contribution >= 0.6 is 12.2 Å². The molecule has 0 saturated heterocycles. The Morgan fingerprint density at radius 3 is 2.52 bits per heavy atom. The Kier molecular flexibility index (Phi) is 6.17. The van der Waals surface area contributed by atoms with Gasteiger partial charge >= 0.3 is 0 Å². The molecule has 2 aromatic carbocycles. The molecule has 0 radical (unpaired) electrons. The summed E-state index contributed by atoms with van der Waals surface area (Å²) in [6.07, 6.45) is 0. The van der Waals surface area contributed by atoms with Gasteiger partial charge in [-0.3, -0.25) is 0 Å². The van der Waals surface area contributed by atoms with Gasteiger partial charge in [0.1, 0.15) is 23.9 Å². The lowest BCUT2D eigenvalue weighted by Gasteiger charge is -2.17. The summed E-state index contributed by atoms with van der Waals surface area (Å²) in [5.74, 6) is 1.22. The third-order valence-corrected chi connectivity index (χ3v) is 3.24. The van der Waals surface area contributed by atoms with E-state index in [-0.39, 0.29) is 11.9 Å². The van der Waals surface area contributed by atoms with Gasteiger partial charge in [-0.25, -0.2) is 4.39 Å². The third-order valence-electron chi connectivity index (χ3n) is 3.02. The number of methoxy groups -OCH3 is 1. The first-order valence-electron chi connectivity index (χ1n) is 7.17. The number of nitrogens with one attached hydrogen (secondary N) is 2. The average Bonchev–Trinajstić information content (AvgIpc) is 2.53. The number of hydrogen-bond acceptors (Lipinski definition) is 3. The molecule has 2 rings (SSSR count). The van der Waals surface area contributed by atoms with Crippen LogP contribution < -0.4 is 20.1 Å². The molecule has 0 fully saturated rings. The zero-order valence-electron chi connectivity index (χ0n) is 13.0. The first-order chi connectivity index (χ1) is 11.1. The number of rotatable bonds is 6. The summed E-state index contributed by atoms with van der Waals surface area (Å²) < 4.78 is 23.9. The first kappa shape index (κ1) is 17.0. The van der Waals surface area contributed by atoms with E-state index in [1.54, 1.807) is 19.2 Å². The Balaban J connectivity index is 1.77. The van der Waals surface area contributed by atoms with Gasteiger partial charge in [-0.15, -0.1) is 0 Å². The number of hydrogen-bond donors (Lipinski definition) is 2. The second kappa shape index (κ2) is 8.33. The van der Waals surface area contributed by atoms with E-state index < -0.39 is 0 Å². The molecule has 0 aliphatic heterocycles. The number of halogens is 1. The monoisotopic (exact) mass is 334 g/mol. The minimum atomic E-state index is -0.311. The molecule has 0 heterocycles. The molecular weight excluding hydrogens is 315 g/mol. The molecule has 0 aliphatic rings. The minimum absolute atomic E-state index is 0.00865. The fraction of sp³-hybridized carbons (Fsp3) is 0.235. The molecular formula is C17H19FN2O2S. The van der Waals surface area contributed by atoms with E-state index in [0.29, 0.717) is 17.4 Å². The molecule has 2 aromatic rings. The van der Waals surface area contributed by atoms with E-state index in [4.69, 9.17) is 21.7 Å². The Labute approximate surface area is 140 Å². The molecule has 6 heteroatoms. The number of thiocarbonyl (C=S) groups is 1. The normalized spacial score (nSPS) is 11.4. The predicted octanol–water partition coefficient (Wildman–Crippen LogP) is 3.59. The Hall–Kier alpha value is -2.34. The summed E-state index contributed by atoms with van der Waals surface area (Å²) in [5.41, 5.74) is 0.603. The van der Waals surface area contributed by atoms with Gasteiger partial charge in [0.05, 0.1) is 13.2 Å². The van der Waals surface area contributed by atoms with E-state index in [0.717, 1.165) is 11.5 Å². The summed E-state index contributed by atoms with van der Waals surface area (Å²) in [6.45, 7) is 2.39. The molecule has 4 nitrogen and oxygen atoms in total. The van der Waals surface area contributed by atoms with Crippen LogP contribution in [0.1, 0.15) is 6.92 Å². The van der Waals surface area contributed by atoms with Crippen LogP contribution in [0, 0.1) is 5.82 Å². The van der Waals surface area contributed by atoms with E-state index in [1.165, 1.54) is 12.1 Å². The van der Waals surface area contributed by atoms with Crippen molar-refractivity contribution in [2.75, 3.05) is 19.0 Å². The van der Waals surface area contributed by atoms with Gasteiger partial charge in [-0.05, 0) is 61.6 Å². The summed E-state index contributed by atoms with van der Waals surface area (Å²) in [6, 6.07) is 13.5. The lowest BCUT2D eigenvalue weighted by Crippen LogP contribution is -2.39. The third kappa shape index (κ3) is 5.75. The van der Waals surface area contributed by atoms with Crippen molar-refractivity contribution in [1.82, 2.24) is 5.32 Å². The molecule has 0 spiro atoms. The van der Waals surface area contributed by atoms with E-state index in [2.05, 4.69) is 10.6 Å². The largest absolute Gasteiger partial charge is 0.497 e. The Bertz CT molecular complexity index is 649. The van der Waals surface area contributed by atoms with Crippen LogP contribution in [0.15, 0.2) is 48.5 Å². The molecule has 0 bridgehead atoms. The van der Waals surface area contributed by atoms with Crippen LogP contribution in [0.5, 0.6) is 11.5 Å². The lowest BCUT2D eigenvalue weighted by molar-refractivity contribution is 0.286. The average molecular weight is 334 g/mol. The van der Waals surface area contributed by atoms with Crippen molar-refractivity contribution in [3.63, 3.8) is 0 Å². The molecule has 0 aromatic heterocycles. The maximum atomic E-state index is 13.1. The molecule has 1 atom stereocenters. The predicted molar refractivity (Wildman–Crippen MR) is 93.7 cm³/mol. The number of anilines is 1. The smallest absolute Gasteiger partial charge is 0.171 e. The van der Waals surface area contributed by atoms with E-state index >= 15 is 0 Å². The highest BCUT2D eigenvalue weighted by molar-refractivity contribution is 7.80. The zero-order valence-corrected chi connectivity index (χ0v) is 13.8. The van der Waals surface area contributed by atoms with E-state index in [1.807, 2.05) is 31.2 Å². The van der Waals surface area contributed by atoms with Gasteiger partial charge in [0.25, 0.3) is 0 Å². The van der Waals surface area contributed by atoms with Gasteiger partial charge in [-0.2, -0.15) is 0 Å². The van der Waals surface area contributed by atoms with Crippen molar-refractivity contribution in [2.24, 2.45) is 0 Å². The number of ether oxygens (including phenoxy) is 2. The first-order valence-corrected chi connectivity index (χ1v) is 7.57. The molecule has 0 aliphatic carbocycles. The summed E-state index contributed by atoms with van der Waals surface area (Å²) in [5, 5.41) is 6.44. The quantitative estimate of drug-likeness (QED) is 0.790. The van der Waals surface area contributed by atoms with Gasteiger partial charge in [0.2, 0.25) is 0 Å². The molecule has 23 heavy (non-hydrogen) atoms. The topological polar surface area (TPSA) is 42.5 Å². The fourth-order valence-electron chi connectivity index (χ4n) is 1.89. The lowest BCUT2D eigenvalue weighted by atomic mass is 10.3. The van der Waals surface area contributed by atoms with E-state index in [9.17, 15) is 4.39 Å². The second-order valence-corrected chi connectivity index (χ2v) is 5.40. The molecule has 0 unspecified atom stereocenters. The maximum absolute atomic E-state index is 13.1. The summed E-state index contributed by atoms with van der Waals surface area (Å²) >= 11 is 5.20. The fourth-order valence-corrected chi connectivity index (χ4v) is 2.21. The van der Waals surface area contributed by atoms with Crippen LogP contribution in [0.2, 0.25) is 0 Å². The molecule has 0 amide bonds. The second-order valence-electron chi connectivity index (χ2n) is 5.00. The van der Waals surface area contributed by atoms with Crippen molar-refractivity contribution in [3.05, 3.63) is 54.3 Å². The highest BCUT2D eigenvalue weighted by Gasteiger charge is 2.06. The molecule has 0 saturated carbocycles. The van der Waals surface area contributed by atoms with Crippen molar-refractivity contribution in [2.45, 2.75) is 13.0 Å². The van der Waals surface area contributed by atoms with Gasteiger partial charge in [0, 0.05) is 5.69 Å². The molecule has 122 valence electrons. The Morgan fingerprint density at radius 1 is 1.17 bits per heavy atom.